The zero-order valence-corrected chi connectivity index (χ0v) is 12.6. The largest absolute Gasteiger partial charge is 0.373 e. The molecule has 3 fully saturated rings. The zero-order chi connectivity index (χ0) is 15.0. The lowest BCUT2D eigenvalue weighted by Crippen LogP contribution is -2.31. The molecule has 1 aliphatic heterocycles. The van der Waals surface area contributed by atoms with Gasteiger partial charge < -0.3 is 19.0 Å². The van der Waals surface area contributed by atoms with Gasteiger partial charge in [0.15, 0.2) is 5.79 Å². The van der Waals surface area contributed by atoms with Crippen LogP contribution in [-0.2, 0) is 25.6 Å². The van der Waals surface area contributed by atoms with Gasteiger partial charge in [0.25, 0.3) is 0 Å². The summed E-state index contributed by atoms with van der Waals surface area (Å²) in [4.78, 5) is 11.6. The third-order valence-corrected chi connectivity index (χ3v) is 5.46. The maximum Gasteiger partial charge on any atom is 0.169 e. The monoisotopic (exact) mass is 302 g/mol. The minimum absolute atomic E-state index is 0.0270. The van der Waals surface area contributed by atoms with Crippen LogP contribution < -0.4 is 0 Å². The Morgan fingerprint density at radius 1 is 1.18 bits per heavy atom. The fourth-order valence-corrected chi connectivity index (χ4v) is 4.48. The quantitative estimate of drug-likeness (QED) is 0.802. The molecule has 0 radical (unpaired) electrons. The molecule has 0 aromatic heterocycles. The summed E-state index contributed by atoms with van der Waals surface area (Å²) in [5, 5.41) is 0. The first-order valence-corrected chi connectivity index (χ1v) is 8.18. The van der Waals surface area contributed by atoms with Crippen LogP contribution in [0, 0.1) is 17.8 Å². The summed E-state index contributed by atoms with van der Waals surface area (Å²) in [6.45, 7) is 1.94. The fraction of sp³-hybridized carbons (Fsp3) is 0.611. The van der Waals surface area contributed by atoms with Crippen molar-refractivity contribution in [2.24, 2.45) is 17.8 Å². The summed E-state index contributed by atoms with van der Waals surface area (Å²) in [7, 11) is 0. The van der Waals surface area contributed by atoms with Crippen LogP contribution in [0.1, 0.15) is 24.8 Å². The number of hydrogen-bond donors (Lipinski definition) is 0. The minimum atomic E-state index is -0.402. The van der Waals surface area contributed by atoms with Gasteiger partial charge in [-0.05, 0) is 23.8 Å². The molecular weight excluding hydrogens is 280 g/mol. The van der Waals surface area contributed by atoms with Gasteiger partial charge in [0.2, 0.25) is 0 Å². The molecule has 118 valence electrons. The first kappa shape index (κ1) is 14.4. The number of rotatable bonds is 4. The Hall–Kier alpha value is -1.23. The van der Waals surface area contributed by atoms with Crippen LogP contribution in [0.5, 0.6) is 0 Å². The summed E-state index contributed by atoms with van der Waals surface area (Å²) in [6.07, 6.45) is 3.81. The Morgan fingerprint density at radius 3 is 2.68 bits per heavy atom. The number of benzene rings is 1. The van der Waals surface area contributed by atoms with Gasteiger partial charge >= 0.3 is 0 Å². The lowest BCUT2D eigenvalue weighted by Gasteiger charge is -2.25. The SMILES string of the molecule is O=C[C@@H]1[C@H]2CC3(C[C@H]2C[C@H]1OCc1ccccc1)OCCO3. The third kappa shape index (κ3) is 2.49. The standard InChI is InChI=1S/C18H22O4/c19-11-16-15-10-18(21-6-7-22-18)9-14(15)8-17(16)20-12-13-4-2-1-3-5-13/h1-5,11,14-17H,6-10,12H2/t14-,15+,16-,17-/m1/s1. The summed E-state index contributed by atoms with van der Waals surface area (Å²) >= 11 is 0. The molecule has 1 spiro atoms. The molecule has 0 unspecified atom stereocenters. The average molecular weight is 302 g/mol. The lowest BCUT2D eigenvalue weighted by molar-refractivity contribution is -0.159. The molecule has 1 saturated heterocycles. The highest BCUT2D eigenvalue weighted by Crippen LogP contribution is 2.54. The van der Waals surface area contributed by atoms with E-state index in [1.54, 1.807) is 0 Å². The molecule has 3 aliphatic rings. The van der Waals surface area contributed by atoms with Crippen LogP contribution in [0.3, 0.4) is 0 Å². The van der Waals surface area contributed by atoms with E-state index in [0.29, 0.717) is 31.7 Å². The van der Waals surface area contributed by atoms with Crippen molar-refractivity contribution in [1.82, 2.24) is 0 Å². The molecule has 1 aromatic carbocycles. The zero-order valence-electron chi connectivity index (χ0n) is 12.6. The van der Waals surface area contributed by atoms with E-state index in [0.717, 1.165) is 31.1 Å². The highest BCUT2D eigenvalue weighted by Gasteiger charge is 2.57. The van der Waals surface area contributed by atoms with Crippen molar-refractivity contribution < 1.29 is 19.0 Å². The van der Waals surface area contributed by atoms with Crippen LogP contribution in [0.2, 0.25) is 0 Å². The normalized spacial score (nSPS) is 35.8. The summed E-state index contributed by atoms with van der Waals surface area (Å²) < 4.78 is 17.7. The molecule has 0 bridgehead atoms. The van der Waals surface area contributed by atoms with Crippen molar-refractivity contribution in [2.45, 2.75) is 37.8 Å². The number of hydrogen-bond acceptors (Lipinski definition) is 4. The molecule has 2 aliphatic carbocycles. The maximum absolute atomic E-state index is 11.6. The van der Waals surface area contributed by atoms with Crippen LogP contribution >= 0.6 is 0 Å². The highest BCUT2D eigenvalue weighted by molar-refractivity contribution is 5.56. The Kier molecular flexibility index (Phi) is 3.76. The van der Waals surface area contributed by atoms with E-state index in [1.165, 1.54) is 0 Å². The van der Waals surface area contributed by atoms with Gasteiger partial charge in [-0.2, -0.15) is 0 Å². The number of carbonyl (C=O) groups is 1. The molecule has 0 N–H and O–H groups in total. The van der Waals surface area contributed by atoms with E-state index < -0.39 is 5.79 Å². The van der Waals surface area contributed by atoms with E-state index in [9.17, 15) is 4.79 Å². The molecule has 1 aromatic rings. The van der Waals surface area contributed by atoms with Gasteiger partial charge in [-0.1, -0.05) is 30.3 Å². The third-order valence-electron chi connectivity index (χ3n) is 5.46. The van der Waals surface area contributed by atoms with Crippen molar-refractivity contribution in [2.75, 3.05) is 13.2 Å². The van der Waals surface area contributed by atoms with Crippen LogP contribution in [0.15, 0.2) is 30.3 Å². The van der Waals surface area contributed by atoms with E-state index in [1.807, 2.05) is 18.2 Å². The van der Waals surface area contributed by atoms with E-state index in [2.05, 4.69) is 12.1 Å². The maximum atomic E-state index is 11.6. The van der Waals surface area contributed by atoms with Crippen LogP contribution in [0.25, 0.3) is 0 Å². The first-order valence-electron chi connectivity index (χ1n) is 8.18. The molecule has 4 atom stereocenters. The lowest BCUT2D eigenvalue weighted by atomic mass is 9.92. The van der Waals surface area contributed by atoms with Crippen molar-refractivity contribution in [1.29, 1.82) is 0 Å². The van der Waals surface area contributed by atoms with Gasteiger partial charge in [-0.25, -0.2) is 0 Å². The topological polar surface area (TPSA) is 44.8 Å². The smallest absolute Gasteiger partial charge is 0.169 e. The van der Waals surface area contributed by atoms with Gasteiger partial charge in [-0.3, -0.25) is 0 Å². The molecule has 4 nitrogen and oxygen atoms in total. The Balaban J connectivity index is 1.41. The van der Waals surface area contributed by atoms with E-state index in [4.69, 9.17) is 14.2 Å². The highest BCUT2D eigenvalue weighted by atomic mass is 16.7. The van der Waals surface area contributed by atoms with Gasteiger partial charge in [0.1, 0.15) is 6.29 Å². The first-order chi connectivity index (χ1) is 10.8. The Morgan fingerprint density at radius 2 is 1.95 bits per heavy atom. The molecule has 1 heterocycles. The van der Waals surface area contributed by atoms with Crippen LogP contribution in [0.4, 0.5) is 0 Å². The van der Waals surface area contributed by atoms with E-state index in [-0.39, 0.29) is 12.0 Å². The van der Waals surface area contributed by atoms with E-state index >= 15 is 0 Å². The fourth-order valence-electron chi connectivity index (χ4n) is 4.48. The predicted octanol–water partition coefficient (Wildman–Crippen LogP) is 2.56. The molecule has 2 saturated carbocycles. The minimum Gasteiger partial charge on any atom is -0.373 e. The van der Waals surface area contributed by atoms with Crippen molar-refractivity contribution in [3.63, 3.8) is 0 Å². The summed E-state index contributed by atoms with van der Waals surface area (Å²) in [5.74, 6) is 0.396. The number of carbonyl (C=O) groups excluding carboxylic acids is 1. The van der Waals surface area contributed by atoms with Crippen molar-refractivity contribution in [3.8, 4) is 0 Å². The number of fused-ring (bicyclic) bond motifs is 1. The molecule has 4 rings (SSSR count). The second-order valence-corrected chi connectivity index (χ2v) is 6.72. The molecule has 22 heavy (non-hydrogen) atoms. The van der Waals surface area contributed by atoms with Crippen molar-refractivity contribution in [3.05, 3.63) is 35.9 Å². The van der Waals surface area contributed by atoms with Gasteiger partial charge in [0.05, 0.1) is 25.9 Å². The Labute approximate surface area is 130 Å². The molecular formula is C18H22O4. The second kappa shape index (κ2) is 5.76. The second-order valence-electron chi connectivity index (χ2n) is 6.72. The molecule has 0 amide bonds. The number of ether oxygens (including phenoxy) is 3. The predicted molar refractivity (Wildman–Crippen MR) is 80.0 cm³/mol. The molecule has 4 heteroatoms. The summed E-state index contributed by atoms with van der Waals surface area (Å²) in [6, 6.07) is 10.1. The van der Waals surface area contributed by atoms with Crippen LogP contribution in [-0.4, -0.2) is 31.4 Å². The Bertz CT molecular complexity index is 523. The number of aldehydes is 1. The van der Waals surface area contributed by atoms with Crippen molar-refractivity contribution >= 4 is 6.29 Å². The van der Waals surface area contributed by atoms with Gasteiger partial charge in [0, 0.05) is 18.8 Å². The average Bonchev–Trinajstić information content (AvgIpc) is 3.21. The summed E-state index contributed by atoms with van der Waals surface area (Å²) in [5.41, 5.74) is 1.16. The van der Waals surface area contributed by atoms with Gasteiger partial charge in [-0.15, -0.1) is 0 Å².